The van der Waals surface area contributed by atoms with Crippen LogP contribution in [0.5, 0.6) is 0 Å². The fourth-order valence-electron chi connectivity index (χ4n) is 3.77. The van der Waals surface area contributed by atoms with Crippen LogP contribution in [0.15, 0.2) is 34.7 Å². The van der Waals surface area contributed by atoms with Crippen LogP contribution in [0, 0.1) is 5.92 Å². The van der Waals surface area contributed by atoms with Crippen LogP contribution in [0.4, 0.5) is 5.82 Å². The number of nitrogens with zero attached hydrogens (tertiary/aromatic N) is 4. The first kappa shape index (κ1) is 14.2. The van der Waals surface area contributed by atoms with E-state index in [0.717, 1.165) is 31.0 Å². The molecular formula is C16H19N7S. The summed E-state index contributed by atoms with van der Waals surface area (Å²) in [7, 11) is 0. The normalized spacial score (nSPS) is 23.3. The zero-order chi connectivity index (χ0) is 15.9. The van der Waals surface area contributed by atoms with Crippen LogP contribution in [-0.2, 0) is 6.54 Å². The van der Waals surface area contributed by atoms with Crippen molar-refractivity contribution in [2.45, 2.75) is 19.4 Å². The maximum absolute atomic E-state index is 4.43. The first-order chi connectivity index (χ1) is 11.9. The quantitative estimate of drug-likeness (QED) is 0.797. The minimum absolute atomic E-state index is 0.494. The van der Waals surface area contributed by atoms with Crippen molar-refractivity contribution in [1.82, 2.24) is 30.8 Å². The summed E-state index contributed by atoms with van der Waals surface area (Å²) >= 11 is 1.74. The van der Waals surface area contributed by atoms with Crippen molar-refractivity contribution in [1.29, 1.82) is 0 Å². The van der Waals surface area contributed by atoms with E-state index in [2.05, 4.69) is 36.9 Å². The Bertz CT molecular complexity index is 791. The lowest BCUT2D eigenvalue weighted by molar-refractivity contribution is 0.181. The molecule has 0 amide bonds. The zero-order valence-electron chi connectivity index (χ0n) is 13.2. The number of thiazole rings is 1. The van der Waals surface area contributed by atoms with Gasteiger partial charge in [0.15, 0.2) is 0 Å². The lowest BCUT2D eigenvalue weighted by Crippen LogP contribution is -2.40. The van der Waals surface area contributed by atoms with Crippen LogP contribution in [0.2, 0.25) is 0 Å². The first-order valence-corrected chi connectivity index (χ1v) is 9.13. The first-order valence-electron chi connectivity index (χ1n) is 8.25. The Hall–Kier alpha value is -2.16. The van der Waals surface area contributed by atoms with Crippen LogP contribution >= 0.6 is 11.3 Å². The maximum Gasteiger partial charge on any atom is 0.141 e. The molecule has 0 aliphatic carbocycles. The van der Waals surface area contributed by atoms with Crippen molar-refractivity contribution in [2.75, 3.05) is 13.1 Å². The van der Waals surface area contributed by atoms with Gasteiger partial charge in [0.2, 0.25) is 0 Å². The maximum atomic E-state index is 4.43. The third kappa shape index (κ3) is 2.34. The molecule has 1 unspecified atom stereocenters. The van der Waals surface area contributed by atoms with E-state index >= 15 is 0 Å². The van der Waals surface area contributed by atoms with Gasteiger partial charge in [0.05, 0.1) is 16.9 Å². The lowest BCUT2D eigenvalue weighted by Gasteiger charge is -2.33. The van der Waals surface area contributed by atoms with Gasteiger partial charge in [-0.2, -0.15) is 0 Å². The van der Waals surface area contributed by atoms with E-state index < -0.39 is 0 Å². The second-order valence-corrected chi connectivity index (χ2v) is 7.37. The van der Waals surface area contributed by atoms with E-state index in [1.807, 2.05) is 29.3 Å². The number of hydrogen-bond donors (Lipinski definition) is 3. The van der Waals surface area contributed by atoms with E-state index in [4.69, 9.17) is 0 Å². The summed E-state index contributed by atoms with van der Waals surface area (Å²) < 4.78 is 0. The molecule has 5 heterocycles. The fraction of sp³-hybridized carbons (Fsp3) is 0.375. The van der Waals surface area contributed by atoms with Crippen LogP contribution in [-0.4, -0.2) is 39.3 Å². The predicted molar refractivity (Wildman–Crippen MR) is 94.1 cm³/mol. The van der Waals surface area contributed by atoms with E-state index in [0.29, 0.717) is 5.92 Å². The average molecular weight is 341 g/mol. The third-order valence-electron chi connectivity index (χ3n) is 4.87. The Morgan fingerprint density at radius 1 is 1.38 bits per heavy atom. The molecule has 3 aliphatic heterocycles. The molecule has 5 rings (SSSR count). The molecule has 8 heteroatoms. The molecule has 3 aliphatic rings. The van der Waals surface area contributed by atoms with E-state index in [-0.39, 0.29) is 0 Å². The van der Waals surface area contributed by atoms with E-state index in [1.165, 1.54) is 29.1 Å². The fourth-order valence-corrected chi connectivity index (χ4v) is 4.41. The number of nitrogens with one attached hydrogen (secondary N) is 3. The molecule has 0 spiro atoms. The summed E-state index contributed by atoms with van der Waals surface area (Å²) in [5.41, 5.74) is 12.2. The number of rotatable bonds is 3. The second-order valence-electron chi connectivity index (χ2n) is 6.40. The summed E-state index contributed by atoms with van der Waals surface area (Å²) in [6.45, 7) is 3.22. The van der Waals surface area contributed by atoms with Gasteiger partial charge in [-0.15, -0.1) is 16.9 Å². The van der Waals surface area contributed by atoms with Crippen molar-refractivity contribution in [3.8, 4) is 0 Å². The van der Waals surface area contributed by atoms with Gasteiger partial charge in [-0.1, -0.05) is 0 Å². The van der Waals surface area contributed by atoms with Gasteiger partial charge in [-0.3, -0.25) is 9.88 Å². The zero-order valence-corrected chi connectivity index (χ0v) is 14.0. The molecule has 0 radical (unpaired) electrons. The molecule has 0 aromatic carbocycles. The number of hydrazine groups is 2. The van der Waals surface area contributed by atoms with E-state index in [9.17, 15) is 0 Å². The molecule has 1 fully saturated rings. The van der Waals surface area contributed by atoms with Crippen LogP contribution in [0.3, 0.4) is 0 Å². The standard InChI is InChI=1S/C16H19N7S/c1-2-11(7-22(5-1)8-12-6-17-10-24-12)14-15-13-3-4-18-16(13)19-9-23(15)21-20-14/h3-4,6,9-11,18,20-21H,1-2,5,7-8H2. The number of likely N-dealkylation sites (tertiary alicyclic amines) is 1. The van der Waals surface area contributed by atoms with Gasteiger partial charge < -0.3 is 10.4 Å². The van der Waals surface area contributed by atoms with Gasteiger partial charge in [-0.05, 0) is 25.5 Å². The molecule has 2 aromatic rings. The number of fused-ring (bicyclic) bond motifs is 3. The van der Waals surface area contributed by atoms with Gasteiger partial charge in [0, 0.05) is 41.8 Å². The Morgan fingerprint density at radius 2 is 2.38 bits per heavy atom. The topological polar surface area (TPSA) is 71.6 Å². The Morgan fingerprint density at radius 3 is 3.29 bits per heavy atom. The van der Waals surface area contributed by atoms with Gasteiger partial charge in [0.25, 0.3) is 0 Å². The Labute approximate surface area is 144 Å². The SMILES string of the molecule is C1=Nc2[nH]ccc2C2=C(C3CCCN(Cc4cncs4)C3)NNN12. The van der Waals surface area contributed by atoms with Gasteiger partial charge in [-0.25, -0.2) is 10.0 Å². The lowest BCUT2D eigenvalue weighted by atomic mass is 9.92. The monoisotopic (exact) mass is 341 g/mol. The molecule has 3 N–H and O–H groups in total. The largest absolute Gasteiger partial charge is 0.346 e. The third-order valence-corrected chi connectivity index (χ3v) is 5.63. The van der Waals surface area contributed by atoms with Crippen molar-refractivity contribution in [3.63, 3.8) is 0 Å². The Kier molecular flexibility index (Phi) is 3.39. The predicted octanol–water partition coefficient (Wildman–Crippen LogP) is 2.05. The smallest absolute Gasteiger partial charge is 0.141 e. The molecule has 1 atom stereocenters. The highest BCUT2D eigenvalue weighted by Crippen LogP contribution is 2.37. The molecule has 7 nitrogen and oxygen atoms in total. The molecule has 24 heavy (non-hydrogen) atoms. The van der Waals surface area contributed by atoms with Crippen molar-refractivity contribution >= 4 is 29.2 Å². The van der Waals surface area contributed by atoms with Crippen molar-refractivity contribution < 1.29 is 0 Å². The molecular weight excluding hydrogens is 322 g/mol. The van der Waals surface area contributed by atoms with Crippen LogP contribution in [0.1, 0.15) is 23.3 Å². The number of aromatic nitrogens is 2. The molecule has 0 bridgehead atoms. The van der Waals surface area contributed by atoms with Crippen LogP contribution < -0.4 is 11.0 Å². The highest BCUT2D eigenvalue weighted by Gasteiger charge is 2.34. The number of aromatic amines is 1. The molecule has 1 saturated heterocycles. The molecule has 2 aromatic heterocycles. The number of hydrogen-bond acceptors (Lipinski definition) is 7. The van der Waals surface area contributed by atoms with Crippen molar-refractivity contribution in [3.05, 3.63) is 40.1 Å². The highest BCUT2D eigenvalue weighted by atomic mass is 32.1. The number of aliphatic imine (C=N–C) groups is 1. The van der Waals surface area contributed by atoms with Crippen LogP contribution in [0.25, 0.3) is 5.70 Å². The van der Waals surface area contributed by atoms with E-state index in [1.54, 1.807) is 11.3 Å². The molecule has 124 valence electrons. The minimum Gasteiger partial charge on any atom is -0.346 e. The molecule has 0 saturated carbocycles. The second kappa shape index (κ2) is 5.73. The number of piperidine rings is 1. The number of H-pyrrole nitrogens is 1. The van der Waals surface area contributed by atoms with Crippen molar-refractivity contribution in [2.24, 2.45) is 10.9 Å². The summed E-state index contributed by atoms with van der Waals surface area (Å²) in [4.78, 5) is 15.7. The van der Waals surface area contributed by atoms with Gasteiger partial charge >= 0.3 is 0 Å². The minimum atomic E-state index is 0.494. The summed E-state index contributed by atoms with van der Waals surface area (Å²) in [6, 6.07) is 2.10. The summed E-state index contributed by atoms with van der Waals surface area (Å²) in [5.74, 6) is 1.43. The highest BCUT2D eigenvalue weighted by molar-refractivity contribution is 7.09. The Balaban J connectivity index is 1.41. The van der Waals surface area contributed by atoms with Gasteiger partial charge in [0.1, 0.15) is 12.2 Å². The average Bonchev–Trinajstić information content (AvgIpc) is 3.34. The summed E-state index contributed by atoms with van der Waals surface area (Å²) in [6.07, 6.45) is 8.18. The summed E-state index contributed by atoms with van der Waals surface area (Å²) in [5, 5.41) is 1.98.